The molecule has 0 aromatic rings. The second-order valence-electron chi connectivity index (χ2n) is 3.50. The van der Waals surface area contributed by atoms with Crippen LogP contribution in [-0.2, 0) is 4.79 Å². The number of carbonyl (C=O) groups excluding carboxylic acids is 1. The Bertz CT molecular complexity index is 147. The van der Waals surface area contributed by atoms with Crippen LogP contribution in [0.5, 0.6) is 0 Å². The van der Waals surface area contributed by atoms with Gasteiger partial charge in [-0.3, -0.25) is 0 Å². The summed E-state index contributed by atoms with van der Waals surface area (Å²) in [5.41, 5.74) is 0. The molecule has 0 aliphatic heterocycles. The molecule has 12 heavy (non-hydrogen) atoms. The highest BCUT2D eigenvalue weighted by molar-refractivity contribution is 5.75. The maximum atomic E-state index is 10.6. The van der Waals surface area contributed by atoms with E-state index in [4.69, 9.17) is 0 Å². The first kappa shape index (κ1) is 11.4. The van der Waals surface area contributed by atoms with Gasteiger partial charge in [-0.25, -0.2) is 0 Å². The molecular weight excluding hydrogens is 148 g/mol. The third-order valence-corrected chi connectivity index (χ3v) is 2.00. The van der Waals surface area contributed by atoms with Crippen LogP contribution in [0.2, 0.25) is 0 Å². The Kier molecular flexibility index (Phi) is 6.73. The smallest absolute Gasteiger partial charge is 0.129 e. The van der Waals surface area contributed by atoms with Crippen molar-refractivity contribution in [2.75, 3.05) is 0 Å². The van der Waals surface area contributed by atoms with Gasteiger partial charge in [0.05, 0.1) is 0 Å². The summed E-state index contributed by atoms with van der Waals surface area (Å²) in [6.45, 7) is 5.94. The first-order valence-electron chi connectivity index (χ1n) is 4.77. The highest BCUT2D eigenvalue weighted by atomic mass is 16.1. The summed E-state index contributed by atoms with van der Waals surface area (Å²) >= 11 is 0. The number of carbonyl (C=O) groups is 1. The molecule has 1 atom stereocenters. The number of hydrogen-bond donors (Lipinski definition) is 0. The molecule has 0 aromatic heterocycles. The number of rotatable bonds is 6. The van der Waals surface area contributed by atoms with Crippen molar-refractivity contribution < 1.29 is 4.79 Å². The fourth-order valence-corrected chi connectivity index (χ4v) is 1.19. The van der Waals surface area contributed by atoms with E-state index in [1.807, 2.05) is 6.92 Å². The summed E-state index contributed by atoms with van der Waals surface area (Å²) in [5, 5.41) is 0. The topological polar surface area (TPSA) is 17.1 Å². The van der Waals surface area contributed by atoms with Crippen LogP contribution in [0.1, 0.15) is 46.5 Å². The lowest BCUT2D eigenvalue weighted by molar-refractivity contribution is -0.117. The van der Waals surface area contributed by atoms with Crippen molar-refractivity contribution in [3.63, 3.8) is 0 Å². The van der Waals surface area contributed by atoms with E-state index in [9.17, 15) is 4.79 Å². The zero-order valence-corrected chi connectivity index (χ0v) is 8.47. The Morgan fingerprint density at radius 1 is 1.50 bits per heavy atom. The molecule has 0 fully saturated rings. The molecule has 0 bridgehead atoms. The fourth-order valence-electron chi connectivity index (χ4n) is 1.19. The zero-order chi connectivity index (χ0) is 9.40. The van der Waals surface area contributed by atoms with Crippen LogP contribution >= 0.6 is 0 Å². The molecule has 0 aromatic carbocycles. The first-order valence-corrected chi connectivity index (χ1v) is 4.77. The monoisotopic (exact) mass is 168 g/mol. The van der Waals surface area contributed by atoms with E-state index < -0.39 is 0 Å². The van der Waals surface area contributed by atoms with Gasteiger partial charge in [0.25, 0.3) is 0 Å². The molecule has 0 rings (SSSR count). The maximum Gasteiger partial charge on any atom is 0.129 e. The van der Waals surface area contributed by atoms with E-state index in [2.05, 4.69) is 19.1 Å². The summed E-state index contributed by atoms with van der Waals surface area (Å²) in [6, 6.07) is 0. The van der Waals surface area contributed by atoms with Gasteiger partial charge in [-0.1, -0.05) is 19.1 Å². The third kappa shape index (κ3) is 7.52. The van der Waals surface area contributed by atoms with Gasteiger partial charge in [-0.2, -0.15) is 0 Å². The third-order valence-electron chi connectivity index (χ3n) is 2.00. The molecule has 0 spiro atoms. The van der Waals surface area contributed by atoms with Crippen molar-refractivity contribution in [2.24, 2.45) is 5.92 Å². The molecule has 1 nitrogen and oxygen atoms in total. The SMILES string of the molecule is C/C=C/CC(C)CCCC(C)=O. The van der Waals surface area contributed by atoms with Gasteiger partial charge in [0.1, 0.15) is 5.78 Å². The van der Waals surface area contributed by atoms with Crippen LogP contribution in [0.3, 0.4) is 0 Å². The normalized spacial score (nSPS) is 13.6. The van der Waals surface area contributed by atoms with Crippen LogP contribution < -0.4 is 0 Å². The minimum atomic E-state index is 0.313. The lowest BCUT2D eigenvalue weighted by Gasteiger charge is -2.06. The molecule has 70 valence electrons. The standard InChI is InChI=1S/C11H20O/c1-4-5-7-10(2)8-6-9-11(3)12/h4-5,10H,6-9H2,1-3H3/b5-4+. The predicted octanol–water partition coefficient (Wildman–Crippen LogP) is 3.35. The molecule has 0 amide bonds. The van der Waals surface area contributed by atoms with Gasteiger partial charge in [-0.15, -0.1) is 0 Å². The van der Waals surface area contributed by atoms with Gasteiger partial charge in [0.15, 0.2) is 0 Å². The molecule has 0 heterocycles. The van der Waals surface area contributed by atoms with E-state index >= 15 is 0 Å². The van der Waals surface area contributed by atoms with Crippen LogP contribution in [0.25, 0.3) is 0 Å². The number of hydrogen-bond acceptors (Lipinski definition) is 1. The van der Waals surface area contributed by atoms with Gasteiger partial charge < -0.3 is 4.79 Å². The van der Waals surface area contributed by atoms with E-state index in [0.717, 1.165) is 25.2 Å². The zero-order valence-electron chi connectivity index (χ0n) is 8.47. The summed E-state index contributed by atoms with van der Waals surface area (Å²) in [7, 11) is 0. The molecular formula is C11H20O. The average Bonchev–Trinajstić information content (AvgIpc) is 2.00. The lowest BCUT2D eigenvalue weighted by atomic mass is 10.00. The molecule has 0 saturated heterocycles. The van der Waals surface area contributed by atoms with Gasteiger partial charge >= 0.3 is 0 Å². The lowest BCUT2D eigenvalue weighted by Crippen LogP contribution is -1.95. The van der Waals surface area contributed by atoms with Crippen LogP contribution in [0.4, 0.5) is 0 Å². The maximum absolute atomic E-state index is 10.6. The van der Waals surface area contributed by atoms with Crippen molar-refractivity contribution in [2.45, 2.75) is 46.5 Å². The van der Waals surface area contributed by atoms with Crippen molar-refractivity contribution in [1.29, 1.82) is 0 Å². The summed E-state index contributed by atoms with van der Waals surface area (Å²) < 4.78 is 0. The Labute approximate surface area is 75.9 Å². The molecule has 1 unspecified atom stereocenters. The molecule has 0 radical (unpaired) electrons. The number of allylic oxidation sites excluding steroid dienone is 2. The second-order valence-corrected chi connectivity index (χ2v) is 3.50. The van der Waals surface area contributed by atoms with Gasteiger partial charge in [0.2, 0.25) is 0 Å². The summed E-state index contributed by atoms with van der Waals surface area (Å²) in [6.07, 6.45) is 8.40. The van der Waals surface area contributed by atoms with Crippen molar-refractivity contribution in [3.05, 3.63) is 12.2 Å². The average molecular weight is 168 g/mol. The minimum absolute atomic E-state index is 0.313. The molecule has 0 aliphatic rings. The largest absolute Gasteiger partial charge is 0.300 e. The van der Waals surface area contributed by atoms with E-state index in [1.165, 1.54) is 6.42 Å². The van der Waals surface area contributed by atoms with Gasteiger partial charge in [0, 0.05) is 6.42 Å². The first-order chi connectivity index (χ1) is 5.66. The Balaban J connectivity index is 3.31. The Morgan fingerprint density at radius 3 is 2.67 bits per heavy atom. The Morgan fingerprint density at radius 2 is 2.17 bits per heavy atom. The molecule has 0 N–H and O–H groups in total. The summed E-state index contributed by atoms with van der Waals surface area (Å²) in [5.74, 6) is 1.04. The van der Waals surface area contributed by atoms with Crippen molar-refractivity contribution in [1.82, 2.24) is 0 Å². The van der Waals surface area contributed by atoms with E-state index in [-0.39, 0.29) is 0 Å². The van der Waals surface area contributed by atoms with Crippen LogP contribution in [0.15, 0.2) is 12.2 Å². The molecule has 0 aliphatic carbocycles. The number of Topliss-reactive ketones (excluding diaryl/α,β-unsaturated/α-hetero) is 1. The molecule has 0 saturated carbocycles. The van der Waals surface area contributed by atoms with Crippen molar-refractivity contribution >= 4 is 5.78 Å². The summed E-state index contributed by atoms with van der Waals surface area (Å²) in [4.78, 5) is 10.6. The van der Waals surface area contributed by atoms with Crippen molar-refractivity contribution in [3.8, 4) is 0 Å². The quantitative estimate of drug-likeness (QED) is 0.556. The minimum Gasteiger partial charge on any atom is -0.300 e. The van der Waals surface area contributed by atoms with Gasteiger partial charge in [-0.05, 0) is 39.0 Å². The second kappa shape index (κ2) is 7.08. The highest BCUT2D eigenvalue weighted by Gasteiger charge is 2.00. The van der Waals surface area contributed by atoms with Crippen LogP contribution in [-0.4, -0.2) is 5.78 Å². The predicted molar refractivity (Wildman–Crippen MR) is 53.1 cm³/mol. The highest BCUT2D eigenvalue weighted by Crippen LogP contribution is 2.12. The van der Waals surface area contributed by atoms with Crippen LogP contribution in [0, 0.1) is 5.92 Å². The molecule has 1 heteroatoms. The fraction of sp³-hybridized carbons (Fsp3) is 0.727. The van der Waals surface area contributed by atoms with E-state index in [0.29, 0.717) is 5.78 Å². The van der Waals surface area contributed by atoms with E-state index in [1.54, 1.807) is 6.92 Å². The Hall–Kier alpha value is -0.590. The number of ketones is 1.